The van der Waals surface area contributed by atoms with Gasteiger partial charge in [0.2, 0.25) is 0 Å². The Labute approximate surface area is 312 Å². The number of alkyl halides is 9. The zero-order valence-corrected chi connectivity index (χ0v) is 30.0. The number of hydrogen-bond acceptors (Lipinski definition) is 7. The van der Waals surface area contributed by atoms with Gasteiger partial charge in [0.25, 0.3) is 0 Å². The van der Waals surface area contributed by atoms with E-state index in [0.717, 1.165) is 43.2 Å². The van der Waals surface area contributed by atoms with Crippen LogP contribution in [-0.4, -0.2) is 61.2 Å². The second-order valence-electron chi connectivity index (χ2n) is 12.7. The van der Waals surface area contributed by atoms with Crippen molar-refractivity contribution in [3.63, 3.8) is 0 Å². The lowest BCUT2D eigenvalue weighted by atomic mass is 10.0. The number of hydrogen-bond donors (Lipinski definition) is 0. The van der Waals surface area contributed by atoms with Crippen molar-refractivity contribution in [2.24, 2.45) is 0 Å². The van der Waals surface area contributed by atoms with Crippen molar-refractivity contribution in [3.05, 3.63) is 83.9 Å². The molecular formula is C39H41F9O7. The number of carbonyl (C=O) groups excluding carboxylic acids is 3. The third-order valence-corrected chi connectivity index (χ3v) is 8.32. The Bertz CT molecular complexity index is 1680. The van der Waals surface area contributed by atoms with Crippen LogP contribution in [0, 0.1) is 0 Å². The van der Waals surface area contributed by atoms with Crippen LogP contribution in [0.25, 0.3) is 11.1 Å². The summed E-state index contributed by atoms with van der Waals surface area (Å²) in [4.78, 5) is 36.4. The van der Waals surface area contributed by atoms with Crippen LogP contribution in [0.1, 0.15) is 92.4 Å². The molecule has 0 aliphatic rings. The molecule has 0 saturated carbocycles. The third kappa shape index (κ3) is 12.1. The highest BCUT2D eigenvalue weighted by Crippen LogP contribution is 2.53. The Balaban J connectivity index is 1.36. The first-order valence-electron chi connectivity index (χ1n) is 17.6. The largest absolute Gasteiger partial charge is 0.494 e. The van der Waals surface area contributed by atoms with Crippen molar-refractivity contribution < 1.29 is 72.8 Å². The second-order valence-corrected chi connectivity index (χ2v) is 12.7. The quantitative estimate of drug-likeness (QED) is 0.0459. The van der Waals surface area contributed by atoms with Crippen LogP contribution in [0.3, 0.4) is 0 Å². The predicted molar refractivity (Wildman–Crippen MR) is 183 cm³/mol. The van der Waals surface area contributed by atoms with Crippen molar-refractivity contribution in [2.45, 2.75) is 102 Å². The van der Waals surface area contributed by atoms with Gasteiger partial charge in [-0.15, -0.1) is 0 Å². The number of esters is 3. The number of ether oxygens (including phenoxy) is 4. The molecule has 1 atom stereocenters. The first-order chi connectivity index (χ1) is 25.8. The molecular weight excluding hydrogens is 751 g/mol. The van der Waals surface area contributed by atoms with Crippen molar-refractivity contribution >= 4 is 17.9 Å². The molecule has 0 aliphatic heterocycles. The van der Waals surface area contributed by atoms with Crippen molar-refractivity contribution in [1.29, 1.82) is 0 Å². The molecule has 16 heteroatoms. The molecule has 0 bridgehead atoms. The molecule has 0 aromatic heterocycles. The lowest BCUT2D eigenvalue weighted by Crippen LogP contribution is -2.63. The van der Waals surface area contributed by atoms with E-state index in [4.69, 9.17) is 14.2 Å². The van der Waals surface area contributed by atoms with Crippen LogP contribution in [0.4, 0.5) is 39.5 Å². The fourth-order valence-electron chi connectivity index (χ4n) is 5.04. The Morgan fingerprint density at radius 3 is 1.64 bits per heavy atom. The SMILES string of the molecule is CCCCCC[C@@H](C)OC(=O)c1ccc(-c2ccc(OC(=O)c3ccc(OCCCCCCOC(=O)C(F)(F)C(F)(F)C(F)(F)C(F)(F)F)cc3)cc2)cc1. The van der Waals surface area contributed by atoms with Crippen LogP contribution < -0.4 is 9.47 Å². The van der Waals surface area contributed by atoms with Crippen molar-refractivity contribution in [2.75, 3.05) is 13.2 Å². The average Bonchev–Trinajstić information content (AvgIpc) is 3.14. The normalized spacial score (nSPS) is 12.9. The molecule has 302 valence electrons. The minimum Gasteiger partial charge on any atom is -0.494 e. The van der Waals surface area contributed by atoms with Gasteiger partial charge < -0.3 is 18.9 Å². The zero-order chi connectivity index (χ0) is 40.9. The maximum absolute atomic E-state index is 13.5. The maximum Gasteiger partial charge on any atom is 0.460 e. The van der Waals surface area contributed by atoms with E-state index in [2.05, 4.69) is 11.7 Å². The van der Waals surface area contributed by atoms with E-state index < -0.39 is 42.5 Å². The molecule has 0 N–H and O–H groups in total. The first-order valence-corrected chi connectivity index (χ1v) is 17.6. The van der Waals surface area contributed by atoms with E-state index in [1.165, 1.54) is 24.3 Å². The monoisotopic (exact) mass is 792 g/mol. The van der Waals surface area contributed by atoms with Crippen LogP contribution in [-0.2, 0) is 14.3 Å². The molecule has 7 nitrogen and oxygen atoms in total. The minimum absolute atomic E-state index is 0.151. The Kier molecular flexibility index (Phi) is 16.0. The highest BCUT2D eigenvalue weighted by atomic mass is 19.4. The van der Waals surface area contributed by atoms with Gasteiger partial charge in [0.15, 0.2) is 0 Å². The van der Waals surface area contributed by atoms with E-state index in [9.17, 15) is 53.9 Å². The fourth-order valence-corrected chi connectivity index (χ4v) is 5.04. The van der Waals surface area contributed by atoms with Gasteiger partial charge in [-0.05, 0) is 105 Å². The first kappa shape index (κ1) is 44.6. The highest BCUT2D eigenvalue weighted by Gasteiger charge is 2.84. The van der Waals surface area contributed by atoms with Crippen molar-refractivity contribution in [1.82, 2.24) is 0 Å². The molecule has 3 rings (SSSR count). The summed E-state index contributed by atoms with van der Waals surface area (Å²) in [5.41, 5.74) is 2.36. The van der Waals surface area contributed by atoms with E-state index in [-0.39, 0.29) is 37.1 Å². The van der Waals surface area contributed by atoms with Gasteiger partial charge in [-0.2, -0.15) is 39.5 Å². The molecule has 3 aromatic carbocycles. The minimum atomic E-state index is -7.18. The summed E-state index contributed by atoms with van der Waals surface area (Å²) in [6.07, 6.45) is -1.21. The van der Waals surface area contributed by atoms with Gasteiger partial charge >= 0.3 is 41.9 Å². The molecule has 0 saturated heterocycles. The molecule has 0 aliphatic carbocycles. The number of unbranched alkanes of at least 4 members (excludes halogenated alkanes) is 6. The second kappa shape index (κ2) is 19.7. The van der Waals surface area contributed by atoms with E-state index in [1.54, 1.807) is 48.5 Å². The molecule has 0 spiro atoms. The lowest BCUT2D eigenvalue weighted by Gasteiger charge is -2.32. The summed E-state index contributed by atoms with van der Waals surface area (Å²) in [5.74, 6) is -24.2. The Hall–Kier alpha value is -4.76. The molecule has 0 heterocycles. The summed E-state index contributed by atoms with van der Waals surface area (Å²) in [6.45, 7) is 3.26. The van der Waals surface area contributed by atoms with Crippen LogP contribution >= 0.6 is 0 Å². The van der Waals surface area contributed by atoms with Gasteiger partial charge in [0, 0.05) is 0 Å². The standard InChI is InChI=1S/C39H41F9O7/c1-3-4-5-8-11-26(2)54-33(49)29-14-12-27(13-15-29)28-16-22-32(23-17-28)55-34(50)30-18-20-31(21-19-30)52-24-9-6-7-10-25-53-35(51)36(40,41)37(42,43)38(44,45)39(46,47)48/h12-23,26H,3-11,24-25H2,1-2H3/t26-/m1/s1. The van der Waals surface area contributed by atoms with Crippen LogP contribution in [0.5, 0.6) is 11.5 Å². The van der Waals surface area contributed by atoms with Gasteiger partial charge in [0.1, 0.15) is 11.5 Å². The van der Waals surface area contributed by atoms with Crippen LogP contribution in [0.15, 0.2) is 72.8 Å². The Morgan fingerprint density at radius 2 is 1.07 bits per heavy atom. The topological polar surface area (TPSA) is 88.1 Å². The molecule has 0 fully saturated rings. The summed E-state index contributed by atoms with van der Waals surface area (Å²) < 4.78 is 136. The van der Waals surface area contributed by atoms with Gasteiger partial charge in [-0.1, -0.05) is 50.5 Å². The van der Waals surface area contributed by atoms with Crippen LogP contribution in [0.2, 0.25) is 0 Å². The summed E-state index contributed by atoms with van der Waals surface area (Å²) in [5, 5.41) is 0. The molecule has 55 heavy (non-hydrogen) atoms. The van der Waals surface area contributed by atoms with E-state index in [1.807, 2.05) is 6.92 Å². The summed E-state index contributed by atoms with van der Waals surface area (Å²) in [7, 11) is 0. The molecule has 0 amide bonds. The molecule has 0 radical (unpaired) electrons. The number of benzene rings is 3. The smallest absolute Gasteiger partial charge is 0.460 e. The fraction of sp³-hybridized carbons (Fsp3) is 0.462. The van der Waals surface area contributed by atoms with Gasteiger partial charge in [-0.3, -0.25) is 0 Å². The lowest BCUT2D eigenvalue weighted by molar-refractivity contribution is -0.390. The summed E-state index contributed by atoms with van der Waals surface area (Å²) >= 11 is 0. The average molecular weight is 793 g/mol. The zero-order valence-electron chi connectivity index (χ0n) is 30.0. The van der Waals surface area contributed by atoms with Gasteiger partial charge in [-0.25, -0.2) is 14.4 Å². The molecule has 3 aromatic rings. The van der Waals surface area contributed by atoms with Gasteiger partial charge in [0.05, 0.1) is 30.4 Å². The van der Waals surface area contributed by atoms with E-state index >= 15 is 0 Å². The Morgan fingerprint density at radius 1 is 0.582 bits per heavy atom. The molecule has 0 unspecified atom stereocenters. The number of rotatable bonds is 21. The van der Waals surface area contributed by atoms with Crippen molar-refractivity contribution in [3.8, 4) is 22.6 Å². The number of carbonyl (C=O) groups is 3. The highest BCUT2D eigenvalue weighted by molar-refractivity contribution is 5.91. The third-order valence-electron chi connectivity index (χ3n) is 8.32. The predicted octanol–water partition coefficient (Wildman–Crippen LogP) is 11.0. The number of halogens is 9. The van der Waals surface area contributed by atoms with E-state index in [0.29, 0.717) is 29.9 Å². The maximum atomic E-state index is 13.5. The summed E-state index contributed by atoms with van der Waals surface area (Å²) in [6, 6.07) is 19.8.